The maximum atomic E-state index is 11.9. The molecule has 0 fully saturated rings. The molecule has 3 N–H and O–H groups in total. The molecule has 0 spiro atoms. The number of benzene rings is 1. The molecule has 100 valence electrons. The maximum Gasteiger partial charge on any atom is 0.304 e. The SMILES string of the molecule is COc1ccc(O)c(C(=O)NCc2csc(=O)[nH]2)c1. The largest absolute Gasteiger partial charge is 0.507 e. The summed E-state index contributed by atoms with van der Waals surface area (Å²) in [5.41, 5.74) is 0.739. The van der Waals surface area contributed by atoms with E-state index in [2.05, 4.69) is 10.3 Å². The monoisotopic (exact) mass is 280 g/mol. The number of aromatic hydroxyl groups is 1. The predicted molar refractivity (Wildman–Crippen MR) is 70.8 cm³/mol. The fourth-order valence-corrected chi connectivity index (χ4v) is 2.08. The molecule has 1 aromatic heterocycles. The molecule has 0 saturated heterocycles. The molecule has 1 amide bonds. The Balaban J connectivity index is 2.09. The van der Waals surface area contributed by atoms with E-state index in [9.17, 15) is 14.7 Å². The number of hydrogen-bond acceptors (Lipinski definition) is 5. The van der Waals surface area contributed by atoms with Crippen molar-refractivity contribution in [3.8, 4) is 11.5 Å². The van der Waals surface area contributed by atoms with Gasteiger partial charge in [-0.1, -0.05) is 11.3 Å². The Morgan fingerprint density at radius 1 is 1.53 bits per heavy atom. The molecular formula is C12H12N2O4S. The van der Waals surface area contributed by atoms with E-state index in [0.717, 1.165) is 11.3 Å². The first-order valence-corrected chi connectivity index (χ1v) is 6.30. The van der Waals surface area contributed by atoms with Crippen molar-refractivity contribution in [3.63, 3.8) is 0 Å². The van der Waals surface area contributed by atoms with Gasteiger partial charge in [-0.15, -0.1) is 0 Å². The van der Waals surface area contributed by atoms with Gasteiger partial charge in [0.05, 0.1) is 19.2 Å². The summed E-state index contributed by atoms with van der Waals surface area (Å²) in [6.07, 6.45) is 0. The van der Waals surface area contributed by atoms with Crippen molar-refractivity contribution >= 4 is 17.2 Å². The van der Waals surface area contributed by atoms with Crippen molar-refractivity contribution in [2.24, 2.45) is 0 Å². The first-order valence-electron chi connectivity index (χ1n) is 5.42. The van der Waals surface area contributed by atoms with Crippen LogP contribution in [0.4, 0.5) is 0 Å². The molecule has 1 heterocycles. The Kier molecular flexibility index (Phi) is 3.86. The number of rotatable bonds is 4. The number of hydrogen-bond donors (Lipinski definition) is 3. The number of phenolic OH excluding ortho intramolecular Hbond substituents is 1. The van der Waals surface area contributed by atoms with Gasteiger partial charge in [-0.3, -0.25) is 9.59 Å². The van der Waals surface area contributed by atoms with E-state index in [1.54, 1.807) is 11.4 Å². The third kappa shape index (κ3) is 3.14. The predicted octanol–water partition coefficient (Wildman–Crippen LogP) is 1.08. The summed E-state index contributed by atoms with van der Waals surface area (Å²) in [5, 5.41) is 13.9. The van der Waals surface area contributed by atoms with Crippen LogP contribution in [0.15, 0.2) is 28.4 Å². The van der Waals surface area contributed by atoms with Gasteiger partial charge < -0.3 is 20.1 Å². The van der Waals surface area contributed by atoms with Crippen molar-refractivity contribution < 1.29 is 14.6 Å². The average Bonchev–Trinajstić information content (AvgIpc) is 2.82. The minimum Gasteiger partial charge on any atom is -0.507 e. The van der Waals surface area contributed by atoms with Crippen LogP contribution in [0.1, 0.15) is 16.1 Å². The molecule has 0 atom stereocenters. The topological polar surface area (TPSA) is 91.4 Å². The standard InChI is InChI=1S/C12H12N2O4S/c1-18-8-2-3-10(15)9(4-8)11(16)13-5-7-6-19-12(17)14-7/h2-4,6,15H,5H2,1H3,(H,13,16)(H,14,17). The smallest absolute Gasteiger partial charge is 0.304 e. The Hall–Kier alpha value is -2.28. The van der Waals surface area contributed by atoms with Gasteiger partial charge in [0.15, 0.2) is 0 Å². The highest BCUT2D eigenvalue weighted by Gasteiger charge is 2.12. The van der Waals surface area contributed by atoms with E-state index in [4.69, 9.17) is 4.74 Å². The highest BCUT2D eigenvalue weighted by molar-refractivity contribution is 7.07. The summed E-state index contributed by atoms with van der Waals surface area (Å²) >= 11 is 1.03. The van der Waals surface area contributed by atoms with Crippen molar-refractivity contribution in [3.05, 3.63) is 44.5 Å². The van der Waals surface area contributed by atoms with Crippen molar-refractivity contribution in [2.75, 3.05) is 7.11 Å². The molecule has 7 heteroatoms. The number of H-pyrrole nitrogens is 1. The van der Waals surface area contributed by atoms with Gasteiger partial charge in [0.2, 0.25) is 0 Å². The Morgan fingerprint density at radius 2 is 2.32 bits per heavy atom. The van der Waals surface area contributed by atoms with E-state index in [1.807, 2.05) is 0 Å². The number of carbonyl (C=O) groups excluding carboxylic acids is 1. The molecule has 0 aliphatic rings. The zero-order valence-electron chi connectivity index (χ0n) is 10.1. The number of aromatic amines is 1. The summed E-state index contributed by atoms with van der Waals surface area (Å²) in [5.74, 6) is -0.0903. The molecule has 1 aromatic carbocycles. The second-order valence-electron chi connectivity index (χ2n) is 3.74. The molecule has 0 bridgehead atoms. The molecule has 0 unspecified atom stereocenters. The highest BCUT2D eigenvalue weighted by atomic mass is 32.1. The Morgan fingerprint density at radius 3 is 2.95 bits per heavy atom. The average molecular weight is 280 g/mol. The zero-order valence-corrected chi connectivity index (χ0v) is 10.9. The van der Waals surface area contributed by atoms with Crippen LogP contribution >= 0.6 is 11.3 Å². The summed E-state index contributed by atoms with van der Waals surface area (Å²) in [6, 6.07) is 4.39. The summed E-state index contributed by atoms with van der Waals surface area (Å²) in [7, 11) is 1.48. The van der Waals surface area contributed by atoms with Gasteiger partial charge in [0, 0.05) is 11.1 Å². The number of aromatic nitrogens is 1. The third-order valence-corrected chi connectivity index (χ3v) is 3.18. The van der Waals surface area contributed by atoms with Gasteiger partial charge >= 0.3 is 4.87 Å². The maximum absolute atomic E-state index is 11.9. The van der Waals surface area contributed by atoms with E-state index in [-0.39, 0.29) is 22.7 Å². The Bertz CT molecular complexity index is 647. The van der Waals surface area contributed by atoms with E-state index in [0.29, 0.717) is 11.4 Å². The highest BCUT2D eigenvalue weighted by Crippen LogP contribution is 2.22. The molecule has 19 heavy (non-hydrogen) atoms. The third-order valence-electron chi connectivity index (χ3n) is 2.46. The van der Waals surface area contributed by atoms with Crippen LogP contribution in [-0.4, -0.2) is 23.1 Å². The number of ether oxygens (including phenoxy) is 1. The number of thiazole rings is 1. The number of nitrogens with one attached hydrogen (secondary N) is 2. The van der Waals surface area contributed by atoms with Crippen LogP contribution < -0.4 is 14.9 Å². The number of amides is 1. The van der Waals surface area contributed by atoms with Gasteiger partial charge in [0.25, 0.3) is 5.91 Å². The van der Waals surface area contributed by atoms with Crippen molar-refractivity contribution in [2.45, 2.75) is 6.54 Å². The van der Waals surface area contributed by atoms with E-state index in [1.165, 1.54) is 19.2 Å². The van der Waals surface area contributed by atoms with E-state index >= 15 is 0 Å². The number of methoxy groups -OCH3 is 1. The van der Waals surface area contributed by atoms with Gasteiger partial charge in [-0.05, 0) is 18.2 Å². The Labute approximate surface area is 112 Å². The lowest BCUT2D eigenvalue weighted by Gasteiger charge is -2.07. The minimum absolute atomic E-state index is 0.122. The van der Waals surface area contributed by atoms with Gasteiger partial charge in [-0.25, -0.2) is 0 Å². The first kappa shape index (κ1) is 13.2. The van der Waals surface area contributed by atoms with E-state index < -0.39 is 5.91 Å². The van der Waals surface area contributed by atoms with Gasteiger partial charge in [-0.2, -0.15) is 0 Å². The molecule has 2 aromatic rings. The lowest BCUT2D eigenvalue weighted by Crippen LogP contribution is -2.23. The van der Waals surface area contributed by atoms with Crippen LogP contribution in [0.2, 0.25) is 0 Å². The molecule has 0 radical (unpaired) electrons. The summed E-state index contributed by atoms with van der Waals surface area (Å²) < 4.78 is 4.99. The normalized spacial score (nSPS) is 10.2. The molecule has 2 rings (SSSR count). The van der Waals surface area contributed by atoms with Crippen LogP contribution in [-0.2, 0) is 6.54 Å². The number of phenols is 1. The molecule has 6 nitrogen and oxygen atoms in total. The lowest BCUT2D eigenvalue weighted by atomic mass is 10.1. The van der Waals surface area contributed by atoms with Crippen molar-refractivity contribution in [1.29, 1.82) is 0 Å². The zero-order chi connectivity index (χ0) is 13.8. The van der Waals surface area contributed by atoms with Crippen LogP contribution in [0.25, 0.3) is 0 Å². The summed E-state index contributed by atoms with van der Waals surface area (Å²) in [4.78, 5) is 25.2. The number of carbonyl (C=O) groups is 1. The van der Waals surface area contributed by atoms with Gasteiger partial charge in [0.1, 0.15) is 11.5 Å². The van der Waals surface area contributed by atoms with Crippen molar-refractivity contribution in [1.82, 2.24) is 10.3 Å². The fourth-order valence-electron chi connectivity index (χ4n) is 1.50. The quantitative estimate of drug-likeness (QED) is 0.781. The van der Waals surface area contributed by atoms with Crippen LogP contribution in [0, 0.1) is 0 Å². The second kappa shape index (κ2) is 5.57. The molecule has 0 saturated carbocycles. The molecular weight excluding hydrogens is 268 g/mol. The second-order valence-corrected chi connectivity index (χ2v) is 4.58. The lowest BCUT2D eigenvalue weighted by molar-refractivity contribution is 0.0947. The van der Waals surface area contributed by atoms with Crippen LogP contribution in [0.5, 0.6) is 11.5 Å². The molecule has 0 aliphatic carbocycles. The minimum atomic E-state index is -0.441. The fraction of sp³-hybridized carbons (Fsp3) is 0.167. The van der Waals surface area contributed by atoms with Crippen LogP contribution in [0.3, 0.4) is 0 Å². The summed E-state index contributed by atoms with van der Waals surface area (Å²) in [6.45, 7) is 0.189. The first-order chi connectivity index (χ1) is 9.10. The molecule has 0 aliphatic heterocycles.